The van der Waals surface area contributed by atoms with Gasteiger partial charge in [0, 0.05) is 6.20 Å². The monoisotopic (exact) mass is 231 g/mol. The second-order valence-corrected chi connectivity index (χ2v) is 3.03. The number of halogens is 2. The Morgan fingerprint density at radius 1 is 1.44 bits per heavy atom. The van der Waals surface area contributed by atoms with Gasteiger partial charge in [-0.2, -0.15) is 0 Å². The Balaban J connectivity index is 3.48. The number of methoxy groups -OCH3 is 2. The molecule has 0 aliphatic carbocycles. The number of aromatic nitrogens is 1. The number of aryl methyl sites for hydroxylation is 1. The summed E-state index contributed by atoms with van der Waals surface area (Å²) in [5.74, 6) is -1.09. The van der Waals surface area contributed by atoms with Crippen LogP contribution in [0.2, 0.25) is 0 Å². The highest BCUT2D eigenvalue weighted by atomic mass is 19.3. The van der Waals surface area contributed by atoms with Crippen LogP contribution in [0.15, 0.2) is 6.20 Å². The summed E-state index contributed by atoms with van der Waals surface area (Å²) < 4.78 is 34.8. The van der Waals surface area contributed by atoms with E-state index < -0.39 is 18.0 Å². The molecule has 0 aliphatic heterocycles. The van der Waals surface area contributed by atoms with E-state index in [1.54, 1.807) is 0 Å². The van der Waals surface area contributed by atoms with Crippen LogP contribution in [-0.4, -0.2) is 25.2 Å². The van der Waals surface area contributed by atoms with Crippen molar-refractivity contribution in [3.63, 3.8) is 0 Å². The normalized spacial score (nSPS) is 10.4. The first-order chi connectivity index (χ1) is 7.52. The van der Waals surface area contributed by atoms with Crippen molar-refractivity contribution in [3.05, 3.63) is 22.9 Å². The van der Waals surface area contributed by atoms with Gasteiger partial charge in [-0.3, -0.25) is 0 Å². The molecule has 0 aliphatic rings. The van der Waals surface area contributed by atoms with E-state index in [0.717, 1.165) is 7.11 Å². The van der Waals surface area contributed by atoms with Crippen LogP contribution >= 0.6 is 0 Å². The van der Waals surface area contributed by atoms with E-state index in [-0.39, 0.29) is 11.4 Å². The molecule has 0 atom stereocenters. The smallest absolute Gasteiger partial charge is 0.338 e. The Kier molecular flexibility index (Phi) is 3.76. The van der Waals surface area contributed by atoms with E-state index in [1.165, 1.54) is 20.2 Å². The lowest BCUT2D eigenvalue weighted by molar-refractivity contribution is 0.0586. The van der Waals surface area contributed by atoms with Gasteiger partial charge >= 0.3 is 5.97 Å². The van der Waals surface area contributed by atoms with Crippen molar-refractivity contribution in [2.75, 3.05) is 14.2 Å². The van der Waals surface area contributed by atoms with Crippen molar-refractivity contribution in [1.29, 1.82) is 0 Å². The molecule has 1 rings (SSSR count). The molecule has 0 N–H and O–H groups in total. The molecule has 0 unspecified atom stereocenters. The molecule has 0 spiro atoms. The molecule has 1 aromatic heterocycles. The third kappa shape index (κ3) is 2.10. The Morgan fingerprint density at radius 2 is 2.06 bits per heavy atom. The third-order valence-corrected chi connectivity index (χ3v) is 2.07. The molecule has 0 aromatic carbocycles. The molecule has 0 radical (unpaired) electrons. The van der Waals surface area contributed by atoms with Crippen molar-refractivity contribution < 1.29 is 23.0 Å². The molecule has 0 fully saturated rings. The van der Waals surface area contributed by atoms with Crippen molar-refractivity contribution in [1.82, 2.24) is 4.98 Å². The second-order valence-electron chi connectivity index (χ2n) is 3.03. The predicted molar refractivity (Wildman–Crippen MR) is 51.8 cm³/mol. The molecule has 4 nitrogen and oxygen atoms in total. The highest BCUT2D eigenvalue weighted by molar-refractivity contribution is 5.93. The van der Waals surface area contributed by atoms with Crippen LogP contribution in [0.1, 0.15) is 27.9 Å². The fourth-order valence-electron chi connectivity index (χ4n) is 1.35. The number of carbonyl (C=O) groups is 1. The zero-order valence-corrected chi connectivity index (χ0v) is 9.08. The SMILES string of the molecule is COC(=O)c1c(C)cnc(OC)c1C(F)F. The molecule has 0 bridgehead atoms. The highest BCUT2D eigenvalue weighted by Crippen LogP contribution is 2.32. The number of hydrogen-bond acceptors (Lipinski definition) is 4. The van der Waals surface area contributed by atoms with Crippen LogP contribution in [0.5, 0.6) is 5.88 Å². The number of pyridine rings is 1. The van der Waals surface area contributed by atoms with Crippen LogP contribution in [0.25, 0.3) is 0 Å². The molecule has 16 heavy (non-hydrogen) atoms. The van der Waals surface area contributed by atoms with E-state index in [4.69, 9.17) is 4.74 Å². The molecular weight excluding hydrogens is 220 g/mol. The van der Waals surface area contributed by atoms with E-state index in [9.17, 15) is 13.6 Å². The first-order valence-electron chi connectivity index (χ1n) is 4.42. The van der Waals surface area contributed by atoms with Crippen molar-refractivity contribution >= 4 is 5.97 Å². The van der Waals surface area contributed by atoms with Gasteiger partial charge in [0.05, 0.1) is 25.3 Å². The van der Waals surface area contributed by atoms with Gasteiger partial charge < -0.3 is 9.47 Å². The summed E-state index contributed by atoms with van der Waals surface area (Å²) >= 11 is 0. The maximum Gasteiger partial charge on any atom is 0.338 e. The van der Waals surface area contributed by atoms with Crippen LogP contribution in [0.3, 0.4) is 0 Å². The Labute approximate surface area is 91.2 Å². The number of esters is 1. The Hall–Kier alpha value is -1.72. The molecular formula is C10H11F2NO3. The maximum absolute atomic E-state index is 12.8. The molecule has 1 aromatic rings. The molecule has 1 heterocycles. The van der Waals surface area contributed by atoms with Gasteiger partial charge in [0.2, 0.25) is 5.88 Å². The van der Waals surface area contributed by atoms with E-state index >= 15 is 0 Å². The topological polar surface area (TPSA) is 48.4 Å². The zero-order valence-electron chi connectivity index (χ0n) is 9.08. The van der Waals surface area contributed by atoms with Crippen LogP contribution in [0.4, 0.5) is 8.78 Å². The van der Waals surface area contributed by atoms with Crippen molar-refractivity contribution in [2.24, 2.45) is 0 Å². The first kappa shape index (κ1) is 12.4. The Morgan fingerprint density at radius 3 is 2.50 bits per heavy atom. The summed E-state index contributed by atoms with van der Waals surface area (Å²) in [6.07, 6.45) is -1.56. The van der Waals surface area contributed by atoms with E-state index in [0.29, 0.717) is 5.56 Å². The molecule has 0 amide bonds. The fourth-order valence-corrected chi connectivity index (χ4v) is 1.35. The first-order valence-corrected chi connectivity index (χ1v) is 4.42. The standard InChI is InChI=1S/C10H11F2NO3/c1-5-4-13-9(15-2)7(8(11)12)6(5)10(14)16-3/h4,8H,1-3H3. The number of alkyl halides is 2. The van der Waals surface area contributed by atoms with Crippen LogP contribution < -0.4 is 4.74 Å². The van der Waals surface area contributed by atoms with E-state index in [1.807, 2.05) is 0 Å². The number of hydrogen-bond donors (Lipinski definition) is 0. The lowest BCUT2D eigenvalue weighted by Crippen LogP contribution is -2.11. The lowest BCUT2D eigenvalue weighted by atomic mass is 10.1. The summed E-state index contributed by atoms with van der Waals surface area (Å²) in [6, 6.07) is 0. The number of nitrogens with zero attached hydrogens (tertiary/aromatic N) is 1. The van der Waals surface area contributed by atoms with Crippen molar-refractivity contribution in [3.8, 4) is 5.88 Å². The van der Waals surface area contributed by atoms with Gasteiger partial charge in [0.1, 0.15) is 0 Å². The summed E-state index contributed by atoms with van der Waals surface area (Å²) in [5, 5.41) is 0. The zero-order chi connectivity index (χ0) is 12.3. The average Bonchev–Trinajstić information content (AvgIpc) is 2.27. The van der Waals surface area contributed by atoms with Gasteiger partial charge in [-0.05, 0) is 12.5 Å². The van der Waals surface area contributed by atoms with Gasteiger partial charge in [-0.25, -0.2) is 18.6 Å². The largest absolute Gasteiger partial charge is 0.481 e. The number of ether oxygens (including phenoxy) is 2. The molecule has 0 saturated heterocycles. The van der Waals surface area contributed by atoms with Crippen LogP contribution in [-0.2, 0) is 4.74 Å². The predicted octanol–water partition coefficient (Wildman–Crippen LogP) is 2.12. The molecule has 0 saturated carbocycles. The van der Waals surface area contributed by atoms with Crippen molar-refractivity contribution in [2.45, 2.75) is 13.3 Å². The lowest BCUT2D eigenvalue weighted by Gasteiger charge is -2.12. The highest BCUT2D eigenvalue weighted by Gasteiger charge is 2.26. The van der Waals surface area contributed by atoms with Gasteiger partial charge in [-0.15, -0.1) is 0 Å². The summed E-state index contributed by atoms with van der Waals surface area (Å²) in [5.41, 5.74) is -0.401. The number of rotatable bonds is 3. The summed E-state index contributed by atoms with van der Waals surface area (Å²) in [6.45, 7) is 1.50. The molecule has 88 valence electrons. The number of carbonyl (C=O) groups excluding carboxylic acids is 1. The average molecular weight is 231 g/mol. The fraction of sp³-hybridized carbons (Fsp3) is 0.400. The molecule has 6 heteroatoms. The maximum atomic E-state index is 12.8. The Bertz CT molecular complexity index is 407. The van der Waals surface area contributed by atoms with Gasteiger partial charge in [-0.1, -0.05) is 0 Å². The summed E-state index contributed by atoms with van der Waals surface area (Å²) in [7, 11) is 2.34. The minimum absolute atomic E-state index is 0.190. The van der Waals surface area contributed by atoms with Gasteiger partial charge in [0.15, 0.2) is 0 Å². The minimum Gasteiger partial charge on any atom is -0.481 e. The van der Waals surface area contributed by atoms with Gasteiger partial charge in [0.25, 0.3) is 6.43 Å². The van der Waals surface area contributed by atoms with E-state index in [2.05, 4.69) is 9.72 Å². The third-order valence-electron chi connectivity index (χ3n) is 2.07. The quantitative estimate of drug-likeness (QED) is 0.747. The summed E-state index contributed by atoms with van der Waals surface area (Å²) in [4.78, 5) is 15.1. The van der Waals surface area contributed by atoms with Crippen LogP contribution in [0, 0.1) is 6.92 Å². The second kappa shape index (κ2) is 4.87. The minimum atomic E-state index is -2.85.